The highest BCUT2D eigenvalue weighted by Crippen LogP contribution is 2.21. The molecule has 4 nitrogen and oxygen atoms in total. The predicted octanol–water partition coefficient (Wildman–Crippen LogP) is 0.847. The Morgan fingerprint density at radius 1 is 1.60 bits per heavy atom. The third-order valence-corrected chi connectivity index (χ3v) is 2.18. The Morgan fingerprint density at radius 3 is 2.53 bits per heavy atom. The quantitative estimate of drug-likeness (QED) is 0.654. The molecule has 1 aliphatic heterocycles. The molecule has 1 fully saturated rings. The average Bonchev–Trinajstić information content (AvgIpc) is 1.97. The van der Waals surface area contributed by atoms with Crippen LogP contribution in [0.4, 0.5) is 4.79 Å². The van der Waals surface area contributed by atoms with Crippen LogP contribution >= 0.6 is 0 Å². The van der Waals surface area contributed by atoms with E-state index in [1.165, 1.54) is 4.90 Å². The lowest BCUT2D eigenvalue weighted by atomic mass is 9.95. The summed E-state index contributed by atoms with van der Waals surface area (Å²) >= 11 is 0. The van der Waals surface area contributed by atoms with Gasteiger partial charge in [-0.25, -0.2) is 4.79 Å². The molecule has 0 spiro atoms. The topological polar surface area (TPSA) is 49.8 Å². The molecule has 1 heterocycles. The van der Waals surface area contributed by atoms with E-state index in [2.05, 4.69) is 5.92 Å². The highest BCUT2D eigenvalue weighted by atomic mass is 16.6. The van der Waals surface area contributed by atoms with Crippen LogP contribution in [0.1, 0.15) is 20.8 Å². The first-order valence-corrected chi connectivity index (χ1v) is 4.95. The number of terminal acetylenes is 1. The Bertz CT molecular complexity index is 281. The molecule has 1 atom stereocenters. The number of carbonyl (C=O) groups is 1. The maximum Gasteiger partial charge on any atom is 0.410 e. The van der Waals surface area contributed by atoms with Crippen molar-refractivity contribution in [2.24, 2.45) is 5.92 Å². The Kier molecular flexibility index (Phi) is 3.25. The first-order valence-electron chi connectivity index (χ1n) is 4.95. The molecule has 0 unspecified atom stereocenters. The van der Waals surface area contributed by atoms with Gasteiger partial charge in [-0.3, -0.25) is 0 Å². The summed E-state index contributed by atoms with van der Waals surface area (Å²) in [4.78, 5) is 13.0. The van der Waals surface area contributed by atoms with Gasteiger partial charge in [0.25, 0.3) is 0 Å². The number of nitrogens with zero attached hydrogens (tertiary/aromatic N) is 1. The van der Waals surface area contributed by atoms with E-state index in [-0.39, 0.29) is 12.0 Å². The summed E-state index contributed by atoms with van der Waals surface area (Å²) in [7, 11) is 0. The van der Waals surface area contributed by atoms with Crippen molar-refractivity contribution >= 4 is 6.09 Å². The van der Waals surface area contributed by atoms with Gasteiger partial charge in [0.1, 0.15) is 11.7 Å². The van der Waals surface area contributed by atoms with Crippen LogP contribution in [0, 0.1) is 18.3 Å². The van der Waals surface area contributed by atoms with Crippen LogP contribution < -0.4 is 0 Å². The van der Waals surface area contributed by atoms with Crippen molar-refractivity contribution in [2.75, 3.05) is 13.1 Å². The van der Waals surface area contributed by atoms with Gasteiger partial charge < -0.3 is 14.7 Å². The number of aliphatic hydroxyl groups is 1. The van der Waals surface area contributed by atoms with Crippen molar-refractivity contribution in [3.8, 4) is 12.3 Å². The molecule has 0 saturated carbocycles. The Morgan fingerprint density at radius 2 is 2.13 bits per heavy atom. The summed E-state index contributed by atoms with van der Waals surface area (Å²) in [6.07, 6.45) is 3.97. The number of likely N-dealkylation sites (tertiary alicyclic amines) is 1. The van der Waals surface area contributed by atoms with Crippen molar-refractivity contribution in [2.45, 2.75) is 32.5 Å². The van der Waals surface area contributed by atoms with Crippen LogP contribution in [0.25, 0.3) is 0 Å². The van der Waals surface area contributed by atoms with Gasteiger partial charge in [-0.15, -0.1) is 6.42 Å². The van der Waals surface area contributed by atoms with E-state index in [4.69, 9.17) is 11.2 Å². The number of carbonyl (C=O) groups excluding carboxylic acids is 1. The number of aliphatic hydroxyl groups excluding tert-OH is 1. The molecule has 0 aromatic heterocycles. The summed E-state index contributed by atoms with van der Waals surface area (Å²) in [6.45, 7) is 6.40. The van der Waals surface area contributed by atoms with Crippen molar-refractivity contribution in [1.82, 2.24) is 4.90 Å². The zero-order chi connectivity index (χ0) is 11.6. The summed E-state index contributed by atoms with van der Waals surface area (Å²) in [5.74, 6) is 2.24. The fraction of sp³-hybridized carbons (Fsp3) is 0.727. The van der Waals surface area contributed by atoms with Gasteiger partial charge in [0.05, 0.1) is 0 Å². The maximum atomic E-state index is 11.5. The third kappa shape index (κ3) is 3.14. The summed E-state index contributed by atoms with van der Waals surface area (Å²) in [6, 6.07) is 0. The van der Waals surface area contributed by atoms with Crippen LogP contribution in [0.3, 0.4) is 0 Å². The molecule has 0 aromatic rings. The van der Waals surface area contributed by atoms with Crippen molar-refractivity contribution < 1.29 is 14.6 Å². The second kappa shape index (κ2) is 4.11. The van der Waals surface area contributed by atoms with E-state index in [0.29, 0.717) is 13.1 Å². The molecule has 1 saturated heterocycles. The average molecular weight is 211 g/mol. The van der Waals surface area contributed by atoms with Gasteiger partial charge in [0.15, 0.2) is 0 Å². The molecular weight excluding hydrogens is 194 g/mol. The van der Waals surface area contributed by atoms with Gasteiger partial charge in [0, 0.05) is 19.0 Å². The summed E-state index contributed by atoms with van der Waals surface area (Å²) in [5.41, 5.74) is -0.479. The highest BCUT2D eigenvalue weighted by Gasteiger charge is 2.36. The molecule has 1 rings (SSSR count). The van der Waals surface area contributed by atoms with Crippen LogP contribution in [-0.2, 0) is 4.74 Å². The molecule has 1 N–H and O–H groups in total. The lowest BCUT2D eigenvalue weighted by molar-refractivity contribution is -0.0190. The van der Waals surface area contributed by atoms with Gasteiger partial charge >= 0.3 is 6.09 Å². The highest BCUT2D eigenvalue weighted by molar-refractivity contribution is 5.69. The van der Waals surface area contributed by atoms with E-state index < -0.39 is 11.7 Å². The molecule has 84 valence electrons. The van der Waals surface area contributed by atoms with Gasteiger partial charge in [-0.1, -0.05) is 5.92 Å². The Labute approximate surface area is 90.2 Å². The van der Waals surface area contributed by atoms with E-state index in [1.54, 1.807) is 0 Å². The van der Waals surface area contributed by atoms with E-state index in [0.717, 1.165) is 0 Å². The van der Waals surface area contributed by atoms with E-state index >= 15 is 0 Å². The first kappa shape index (κ1) is 11.9. The number of ether oxygens (including phenoxy) is 1. The minimum atomic E-state index is -0.760. The van der Waals surface area contributed by atoms with E-state index in [9.17, 15) is 9.90 Å². The molecule has 0 aromatic carbocycles. The molecule has 1 aliphatic rings. The largest absolute Gasteiger partial charge is 0.444 e. The normalized spacial score (nSPS) is 19.0. The maximum absolute atomic E-state index is 11.5. The lowest BCUT2D eigenvalue weighted by Crippen LogP contribution is -2.55. The Hall–Kier alpha value is -1.21. The molecular formula is C11H17NO3. The minimum absolute atomic E-state index is 0.0116. The van der Waals surface area contributed by atoms with Crippen LogP contribution in [0.2, 0.25) is 0 Å². The number of hydrogen-bond acceptors (Lipinski definition) is 3. The standard InChI is InChI=1S/C11H17NO3/c1-5-9(13)8-6-12(7-8)10(14)15-11(2,3)4/h1,8-9,13H,6-7H2,2-4H3/t9-/m1/s1. The fourth-order valence-electron chi connectivity index (χ4n) is 1.32. The fourth-order valence-corrected chi connectivity index (χ4v) is 1.32. The Balaban J connectivity index is 2.34. The van der Waals surface area contributed by atoms with Gasteiger partial charge in [-0.2, -0.15) is 0 Å². The zero-order valence-corrected chi connectivity index (χ0v) is 9.36. The second-order valence-corrected chi connectivity index (χ2v) is 4.76. The summed E-state index contributed by atoms with van der Waals surface area (Å²) < 4.78 is 5.16. The summed E-state index contributed by atoms with van der Waals surface area (Å²) in [5, 5.41) is 9.29. The van der Waals surface area contributed by atoms with Crippen LogP contribution in [-0.4, -0.2) is 40.9 Å². The molecule has 0 bridgehead atoms. The van der Waals surface area contributed by atoms with Gasteiger partial charge in [0.2, 0.25) is 0 Å². The van der Waals surface area contributed by atoms with Crippen molar-refractivity contribution in [3.63, 3.8) is 0 Å². The monoisotopic (exact) mass is 211 g/mol. The number of hydrogen-bond donors (Lipinski definition) is 1. The van der Waals surface area contributed by atoms with Gasteiger partial charge in [-0.05, 0) is 20.8 Å². The molecule has 15 heavy (non-hydrogen) atoms. The van der Waals surface area contributed by atoms with Crippen molar-refractivity contribution in [1.29, 1.82) is 0 Å². The SMILES string of the molecule is C#C[C@@H](O)C1CN(C(=O)OC(C)(C)C)C1. The van der Waals surface area contributed by atoms with Crippen LogP contribution in [0.5, 0.6) is 0 Å². The van der Waals surface area contributed by atoms with Crippen molar-refractivity contribution in [3.05, 3.63) is 0 Å². The molecule has 4 heteroatoms. The number of amides is 1. The first-order chi connectivity index (χ1) is 6.83. The predicted molar refractivity (Wildman–Crippen MR) is 56.1 cm³/mol. The number of rotatable bonds is 1. The molecule has 1 amide bonds. The smallest absolute Gasteiger partial charge is 0.410 e. The second-order valence-electron chi connectivity index (χ2n) is 4.76. The molecule has 0 aliphatic carbocycles. The molecule has 0 radical (unpaired) electrons. The lowest BCUT2D eigenvalue weighted by Gasteiger charge is -2.40. The van der Waals surface area contributed by atoms with Crippen LogP contribution in [0.15, 0.2) is 0 Å². The third-order valence-electron chi connectivity index (χ3n) is 2.18. The minimum Gasteiger partial charge on any atom is -0.444 e. The zero-order valence-electron chi connectivity index (χ0n) is 9.36. The van der Waals surface area contributed by atoms with E-state index in [1.807, 2.05) is 20.8 Å².